The van der Waals surface area contributed by atoms with E-state index >= 15 is 0 Å². The Morgan fingerprint density at radius 3 is 2.05 bits per heavy atom. The minimum atomic E-state index is 0.393. The zero-order valence-electron chi connectivity index (χ0n) is 12.0. The second-order valence-corrected chi connectivity index (χ2v) is 5.68. The van der Waals surface area contributed by atoms with Crippen molar-refractivity contribution in [1.82, 2.24) is 4.90 Å². The zero-order valence-corrected chi connectivity index (χ0v) is 12.0. The third kappa shape index (κ3) is 2.49. The van der Waals surface area contributed by atoms with Crippen molar-refractivity contribution in [2.75, 3.05) is 6.54 Å². The quantitative estimate of drug-likeness (QED) is 0.921. The monoisotopic (exact) mass is 266 g/mol. The van der Waals surface area contributed by atoms with E-state index in [0.29, 0.717) is 18.5 Å². The van der Waals surface area contributed by atoms with Gasteiger partial charge in [0.25, 0.3) is 0 Å². The molecule has 2 atom stereocenters. The van der Waals surface area contributed by atoms with Gasteiger partial charge in [0.05, 0.1) is 0 Å². The van der Waals surface area contributed by atoms with Crippen LogP contribution in [0.2, 0.25) is 0 Å². The SMILES string of the molecule is CC(c1ccccc1)C(CN)N1Cc2ccccc2C1. The van der Waals surface area contributed by atoms with Crippen molar-refractivity contribution in [2.24, 2.45) is 5.73 Å². The second-order valence-electron chi connectivity index (χ2n) is 5.68. The van der Waals surface area contributed by atoms with Crippen LogP contribution in [0.5, 0.6) is 0 Å². The summed E-state index contributed by atoms with van der Waals surface area (Å²) in [5.41, 5.74) is 10.4. The Hall–Kier alpha value is -1.64. The Morgan fingerprint density at radius 1 is 0.950 bits per heavy atom. The molecule has 0 saturated heterocycles. The van der Waals surface area contributed by atoms with E-state index in [1.54, 1.807) is 0 Å². The maximum atomic E-state index is 6.08. The first-order valence-electron chi connectivity index (χ1n) is 7.35. The summed E-state index contributed by atoms with van der Waals surface area (Å²) in [6.07, 6.45) is 0. The van der Waals surface area contributed by atoms with Crippen LogP contribution in [0.1, 0.15) is 29.5 Å². The lowest BCUT2D eigenvalue weighted by Gasteiger charge is -2.32. The predicted octanol–water partition coefficient (Wildman–Crippen LogP) is 3.13. The molecule has 2 aromatic carbocycles. The van der Waals surface area contributed by atoms with Crippen LogP contribution in [0, 0.1) is 0 Å². The van der Waals surface area contributed by atoms with E-state index in [1.165, 1.54) is 16.7 Å². The lowest BCUT2D eigenvalue weighted by atomic mass is 9.92. The molecule has 3 rings (SSSR count). The molecule has 2 heteroatoms. The van der Waals surface area contributed by atoms with E-state index in [9.17, 15) is 0 Å². The molecule has 0 radical (unpaired) electrons. The molecular weight excluding hydrogens is 244 g/mol. The Morgan fingerprint density at radius 2 is 1.50 bits per heavy atom. The summed E-state index contributed by atoms with van der Waals surface area (Å²) in [6.45, 7) is 5.03. The highest BCUT2D eigenvalue weighted by molar-refractivity contribution is 5.31. The summed E-state index contributed by atoms with van der Waals surface area (Å²) in [5.74, 6) is 0.454. The number of hydrogen-bond acceptors (Lipinski definition) is 2. The lowest BCUT2D eigenvalue weighted by Crippen LogP contribution is -2.40. The van der Waals surface area contributed by atoms with Crippen molar-refractivity contribution in [3.8, 4) is 0 Å². The van der Waals surface area contributed by atoms with Gasteiger partial charge in [0.15, 0.2) is 0 Å². The normalized spacial score (nSPS) is 17.7. The molecule has 0 fully saturated rings. The van der Waals surface area contributed by atoms with Crippen LogP contribution >= 0.6 is 0 Å². The van der Waals surface area contributed by atoms with Crippen LogP contribution in [0.15, 0.2) is 54.6 Å². The fourth-order valence-electron chi connectivity index (χ4n) is 3.24. The summed E-state index contributed by atoms with van der Waals surface area (Å²) >= 11 is 0. The first kappa shape index (κ1) is 13.3. The first-order valence-corrected chi connectivity index (χ1v) is 7.35. The smallest absolute Gasteiger partial charge is 0.0291 e. The number of nitrogens with zero attached hydrogens (tertiary/aromatic N) is 1. The fraction of sp³-hybridized carbons (Fsp3) is 0.333. The van der Waals surface area contributed by atoms with Gasteiger partial charge in [0.1, 0.15) is 0 Å². The van der Waals surface area contributed by atoms with Crippen molar-refractivity contribution in [3.05, 3.63) is 71.3 Å². The summed E-state index contributed by atoms with van der Waals surface area (Å²) in [7, 11) is 0. The third-order valence-electron chi connectivity index (χ3n) is 4.48. The molecule has 2 nitrogen and oxygen atoms in total. The van der Waals surface area contributed by atoms with Crippen molar-refractivity contribution < 1.29 is 0 Å². The molecular formula is C18H22N2. The van der Waals surface area contributed by atoms with Crippen molar-refractivity contribution >= 4 is 0 Å². The number of hydrogen-bond donors (Lipinski definition) is 1. The van der Waals surface area contributed by atoms with Crippen LogP contribution in [-0.4, -0.2) is 17.5 Å². The molecule has 0 saturated carbocycles. The van der Waals surface area contributed by atoms with Gasteiger partial charge in [-0.05, 0) is 22.6 Å². The molecule has 2 unspecified atom stereocenters. The minimum Gasteiger partial charge on any atom is -0.329 e. The molecule has 0 aliphatic carbocycles. The van der Waals surface area contributed by atoms with Crippen LogP contribution in [0.3, 0.4) is 0 Å². The van der Waals surface area contributed by atoms with E-state index in [0.717, 1.165) is 13.1 Å². The molecule has 0 bridgehead atoms. The largest absolute Gasteiger partial charge is 0.329 e. The molecule has 0 aromatic heterocycles. The highest BCUT2D eigenvalue weighted by Gasteiger charge is 2.28. The van der Waals surface area contributed by atoms with Crippen LogP contribution < -0.4 is 5.73 Å². The van der Waals surface area contributed by atoms with Crippen molar-refractivity contribution in [3.63, 3.8) is 0 Å². The predicted molar refractivity (Wildman–Crippen MR) is 83.4 cm³/mol. The van der Waals surface area contributed by atoms with E-state index < -0.39 is 0 Å². The first-order chi connectivity index (χ1) is 9.79. The van der Waals surface area contributed by atoms with Crippen LogP contribution in [0.25, 0.3) is 0 Å². The third-order valence-corrected chi connectivity index (χ3v) is 4.48. The molecule has 1 aliphatic rings. The van der Waals surface area contributed by atoms with Gasteiger partial charge in [-0.2, -0.15) is 0 Å². The van der Waals surface area contributed by atoms with E-state index in [2.05, 4.69) is 66.4 Å². The molecule has 0 amide bonds. The van der Waals surface area contributed by atoms with Gasteiger partial charge in [-0.25, -0.2) is 0 Å². The molecule has 104 valence electrons. The van der Waals surface area contributed by atoms with Gasteiger partial charge in [-0.15, -0.1) is 0 Å². The average molecular weight is 266 g/mol. The molecule has 2 N–H and O–H groups in total. The topological polar surface area (TPSA) is 29.3 Å². The van der Waals surface area contributed by atoms with Gasteiger partial charge < -0.3 is 5.73 Å². The Labute approximate surface area is 121 Å². The average Bonchev–Trinajstić information content (AvgIpc) is 2.92. The summed E-state index contributed by atoms with van der Waals surface area (Å²) in [4.78, 5) is 2.52. The highest BCUT2D eigenvalue weighted by atomic mass is 15.2. The summed E-state index contributed by atoms with van der Waals surface area (Å²) in [5, 5.41) is 0. The minimum absolute atomic E-state index is 0.393. The number of nitrogens with two attached hydrogens (primary N) is 1. The Balaban J connectivity index is 1.79. The van der Waals surface area contributed by atoms with Gasteiger partial charge in [0, 0.05) is 25.7 Å². The number of fused-ring (bicyclic) bond motifs is 1. The van der Waals surface area contributed by atoms with Gasteiger partial charge >= 0.3 is 0 Å². The second kappa shape index (κ2) is 5.78. The molecule has 1 aliphatic heterocycles. The maximum Gasteiger partial charge on any atom is 0.0291 e. The molecule has 0 spiro atoms. The fourth-order valence-corrected chi connectivity index (χ4v) is 3.24. The van der Waals surface area contributed by atoms with Crippen LogP contribution in [-0.2, 0) is 13.1 Å². The number of benzene rings is 2. The van der Waals surface area contributed by atoms with Crippen molar-refractivity contribution in [2.45, 2.75) is 32.0 Å². The zero-order chi connectivity index (χ0) is 13.9. The standard InChI is InChI=1S/C18H22N2/c1-14(15-7-3-2-4-8-15)18(11-19)20-12-16-9-5-6-10-17(16)13-20/h2-10,14,18H,11-13,19H2,1H3. The Bertz CT molecular complexity index is 540. The molecule has 2 aromatic rings. The molecule has 1 heterocycles. The van der Waals surface area contributed by atoms with Gasteiger partial charge in [0.2, 0.25) is 0 Å². The highest BCUT2D eigenvalue weighted by Crippen LogP contribution is 2.30. The van der Waals surface area contributed by atoms with Crippen molar-refractivity contribution in [1.29, 1.82) is 0 Å². The molecule has 20 heavy (non-hydrogen) atoms. The maximum absolute atomic E-state index is 6.08. The van der Waals surface area contributed by atoms with E-state index in [1.807, 2.05) is 0 Å². The van der Waals surface area contributed by atoms with E-state index in [-0.39, 0.29) is 0 Å². The lowest BCUT2D eigenvalue weighted by molar-refractivity contribution is 0.181. The Kier molecular flexibility index (Phi) is 3.86. The number of rotatable bonds is 4. The van der Waals surface area contributed by atoms with Gasteiger partial charge in [-0.3, -0.25) is 4.90 Å². The van der Waals surface area contributed by atoms with Crippen LogP contribution in [0.4, 0.5) is 0 Å². The summed E-state index contributed by atoms with van der Waals surface area (Å²) in [6, 6.07) is 19.8. The van der Waals surface area contributed by atoms with E-state index in [4.69, 9.17) is 5.73 Å². The summed E-state index contributed by atoms with van der Waals surface area (Å²) < 4.78 is 0. The van der Waals surface area contributed by atoms with Gasteiger partial charge in [-0.1, -0.05) is 61.5 Å².